The second kappa shape index (κ2) is 10.5. The fraction of sp³-hybridized carbons (Fsp3) is 0.300. The zero-order valence-electron chi connectivity index (χ0n) is 17.2. The van der Waals surface area contributed by atoms with Crippen LogP contribution >= 0.6 is 0 Å². The Hall–Kier alpha value is -3.12. The lowest BCUT2D eigenvalue weighted by Gasteiger charge is -2.15. The van der Waals surface area contributed by atoms with Gasteiger partial charge in [0.05, 0.1) is 10.9 Å². The van der Waals surface area contributed by atoms with Gasteiger partial charge in [-0.3, -0.25) is 9.59 Å². The van der Waals surface area contributed by atoms with Crippen LogP contribution in [0.15, 0.2) is 53.4 Å². The summed E-state index contributed by atoms with van der Waals surface area (Å²) < 4.78 is 68.6. The maximum atomic E-state index is 12.5. The number of carbonyl (C=O) groups is 2. The monoisotopic (exact) mass is 473 g/mol. The van der Waals surface area contributed by atoms with E-state index in [4.69, 9.17) is 0 Å². The minimum absolute atomic E-state index is 0.00876. The zero-order valence-corrected chi connectivity index (χ0v) is 18.0. The Balaban J connectivity index is 1.93. The second-order valence-electron chi connectivity index (χ2n) is 6.82. The van der Waals surface area contributed by atoms with E-state index in [1.165, 1.54) is 56.3 Å². The van der Waals surface area contributed by atoms with Crippen LogP contribution in [0, 0.1) is 0 Å². The fourth-order valence-corrected chi connectivity index (χ4v) is 3.73. The van der Waals surface area contributed by atoms with Crippen LogP contribution in [-0.4, -0.2) is 39.1 Å². The van der Waals surface area contributed by atoms with E-state index in [-0.39, 0.29) is 23.1 Å². The first-order chi connectivity index (χ1) is 14.9. The number of halogens is 3. The van der Waals surface area contributed by atoms with Crippen molar-refractivity contribution in [3.05, 3.63) is 54.1 Å². The number of nitrogens with one attached hydrogen (secondary N) is 3. The predicted octanol–water partition coefficient (Wildman–Crippen LogP) is 2.57. The summed E-state index contributed by atoms with van der Waals surface area (Å²) in [5.41, 5.74) is 0.894. The summed E-state index contributed by atoms with van der Waals surface area (Å²) in [6.07, 6.45) is -4.47. The average molecular weight is 473 g/mol. The number of carbonyl (C=O) groups excluding carboxylic acids is 2. The van der Waals surface area contributed by atoms with Gasteiger partial charge in [0, 0.05) is 19.2 Å². The molecule has 2 amide bonds. The Kier molecular flexibility index (Phi) is 8.22. The van der Waals surface area contributed by atoms with E-state index < -0.39 is 34.8 Å². The lowest BCUT2D eigenvalue weighted by molar-refractivity contribution is -0.153. The Morgan fingerprint density at radius 2 is 1.75 bits per heavy atom. The highest BCUT2D eigenvalue weighted by atomic mass is 32.2. The van der Waals surface area contributed by atoms with E-state index in [9.17, 15) is 31.2 Å². The number of sulfonamides is 1. The molecule has 0 aliphatic carbocycles. The van der Waals surface area contributed by atoms with Crippen LogP contribution in [0.3, 0.4) is 0 Å². The molecular formula is C20H22F3N3O5S. The summed E-state index contributed by atoms with van der Waals surface area (Å²) in [5.74, 6) is -0.947. The molecule has 2 aromatic carbocycles. The topological polar surface area (TPSA) is 114 Å². The van der Waals surface area contributed by atoms with Crippen molar-refractivity contribution in [1.82, 2.24) is 10.0 Å². The molecule has 0 bridgehead atoms. The summed E-state index contributed by atoms with van der Waals surface area (Å²) in [6.45, 7) is 1.19. The minimum Gasteiger partial charge on any atom is -0.484 e. The van der Waals surface area contributed by atoms with Crippen LogP contribution in [0.2, 0.25) is 0 Å². The quantitative estimate of drug-likeness (QED) is 0.518. The number of benzene rings is 2. The Morgan fingerprint density at radius 1 is 1.09 bits per heavy atom. The number of hydrogen-bond donors (Lipinski definition) is 3. The van der Waals surface area contributed by atoms with E-state index in [0.29, 0.717) is 11.3 Å². The first-order valence-corrected chi connectivity index (χ1v) is 10.8. The summed E-state index contributed by atoms with van der Waals surface area (Å²) in [5, 5.41) is 5.02. The van der Waals surface area contributed by atoms with Crippen molar-refractivity contribution in [2.45, 2.75) is 37.5 Å². The van der Waals surface area contributed by atoms with Crippen molar-refractivity contribution in [3.8, 4) is 5.75 Å². The summed E-state index contributed by atoms with van der Waals surface area (Å²) in [6, 6.07) is 10.0. The SMILES string of the molecule is CC(=O)Nc1ccc(S(=O)(=O)N[C@@H](C)C(=O)NCc2cccc(OCC(F)(F)F)c2)cc1. The van der Waals surface area contributed by atoms with Crippen molar-refractivity contribution in [1.29, 1.82) is 0 Å². The first kappa shape index (κ1) is 25.1. The largest absolute Gasteiger partial charge is 0.484 e. The van der Waals surface area contributed by atoms with Crippen molar-refractivity contribution in [2.75, 3.05) is 11.9 Å². The van der Waals surface area contributed by atoms with Gasteiger partial charge in [-0.25, -0.2) is 8.42 Å². The van der Waals surface area contributed by atoms with Crippen LogP contribution < -0.4 is 20.1 Å². The van der Waals surface area contributed by atoms with Crippen LogP contribution in [0.1, 0.15) is 19.4 Å². The normalized spacial score (nSPS) is 12.7. The molecule has 32 heavy (non-hydrogen) atoms. The molecule has 0 saturated heterocycles. The number of hydrogen-bond acceptors (Lipinski definition) is 5. The third kappa shape index (κ3) is 8.19. The molecule has 174 valence electrons. The van der Waals surface area contributed by atoms with Crippen molar-refractivity contribution in [2.24, 2.45) is 0 Å². The van der Waals surface area contributed by atoms with E-state index in [1.807, 2.05) is 0 Å². The van der Waals surface area contributed by atoms with Crippen LogP contribution in [0.5, 0.6) is 5.75 Å². The molecule has 0 aliphatic heterocycles. The molecule has 1 atom stereocenters. The fourth-order valence-electron chi connectivity index (χ4n) is 2.53. The van der Waals surface area contributed by atoms with Gasteiger partial charge in [0.1, 0.15) is 5.75 Å². The Morgan fingerprint density at radius 3 is 2.34 bits per heavy atom. The maximum Gasteiger partial charge on any atom is 0.422 e. The van der Waals surface area contributed by atoms with Crippen LogP contribution in [0.25, 0.3) is 0 Å². The van der Waals surface area contributed by atoms with Crippen molar-refractivity contribution in [3.63, 3.8) is 0 Å². The van der Waals surface area contributed by atoms with Gasteiger partial charge in [-0.1, -0.05) is 12.1 Å². The summed E-state index contributed by atoms with van der Waals surface area (Å²) in [4.78, 5) is 23.2. The molecule has 8 nitrogen and oxygen atoms in total. The molecule has 0 saturated carbocycles. The smallest absolute Gasteiger partial charge is 0.422 e. The number of amides is 2. The maximum absolute atomic E-state index is 12.5. The lowest BCUT2D eigenvalue weighted by atomic mass is 10.2. The molecule has 2 rings (SSSR count). The Bertz CT molecular complexity index is 1060. The van der Waals surface area contributed by atoms with E-state index in [0.717, 1.165) is 0 Å². The second-order valence-corrected chi connectivity index (χ2v) is 8.53. The Labute approximate surface area is 183 Å². The number of rotatable bonds is 9. The van der Waals surface area contributed by atoms with E-state index >= 15 is 0 Å². The third-order valence-electron chi connectivity index (χ3n) is 3.98. The zero-order chi connectivity index (χ0) is 23.9. The van der Waals surface area contributed by atoms with Crippen molar-refractivity contribution < 1.29 is 35.9 Å². The van der Waals surface area contributed by atoms with Gasteiger partial charge in [0.15, 0.2) is 6.61 Å². The van der Waals surface area contributed by atoms with Gasteiger partial charge in [-0.15, -0.1) is 0 Å². The lowest BCUT2D eigenvalue weighted by Crippen LogP contribution is -2.44. The average Bonchev–Trinajstić information content (AvgIpc) is 2.70. The predicted molar refractivity (Wildman–Crippen MR) is 110 cm³/mol. The molecule has 0 fully saturated rings. The van der Waals surface area contributed by atoms with Gasteiger partial charge < -0.3 is 15.4 Å². The molecular weight excluding hydrogens is 451 g/mol. The highest BCUT2D eigenvalue weighted by molar-refractivity contribution is 7.89. The number of alkyl halides is 3. The number of ether oxygens (including phenoxy) is 1. The molecule has 0 unspecified atom stereocenters. The standard InChI is InChI=1S/C20H22F3N3O5S/c1-13(26-32(29,30)18-8-6-16(7-9-18)25-14(2)27)19(28)24-11-15-4-3-5-17(10-15)31-12-20(21,22)23/h3-10,13,26H,11-12H2,1-2H3,(H,24,28)(H,25,27)/t13-/m0/s1. The van der Waals surface area contributed by atoms with Gasteiger partial charge in [-0.2, -0.15) is 17.9 Å². The van der Waals surface area contributed by atoms with Gasteiger partial charge in [-0.05, 0) is 48.9 Å². The molecule has 0 spiro atoms. The first-order valence-electron chi connectivity index (χ1n) is 9.32. The van der Waals surface area contributed by atoms with Gasteiger partial charge >= 0.3 is 6.18 Å². The van der Waals surface area contributed by atoms with Gasteiger partial charge in [0.2, 0.25) is 21.8 Å². The summed E-state index contributed by atoms with van der Waals surface area (Å²) in [7, 11) is -4.01. The molecule has 0 aliphatic rings. The van der Waals surface area contributed by atoms with E-state index in [1.54, 1.807) is 6.07 Å². The molecule has 0 aromatic heterocycles. The summed E-state index contributed by atoms with van der Waals surface area (Å²) >= 11 is 0. The van der Waals surface area contributed by atoms with Crippen molar-refractivity contribution >= 4 is 27.5 Å². The number of anilines is 1. The molecule has 3 N–H and O–H groups in total. The highest BCUT2D eigenvalue weighted by Gasteiger charge is 2.28. The van der Waals surface area contributed by atoms with Crippen LogP contribution in [0.4, 0.5) is 18.9 Å². The molecule has 0 radical (unpaired) electrons. The highest BCUT2D eigenvalue weighted by Crippen LogP contribution is 2.19. The third-order valence-corrected chi connectivity index (χ3v) is 5.53. The van der Waals surface area contributed by atoms with Crippen LogP contribution in [-0.2, 0) is 26.2 Å². The molecule has 12 heteroatoms. The van der Waals surface area contributed by atoms with Gasteiger partial charge in [0.25, 0.3) is 0 Å². The molecule has 0 heterocycles. The molecule has 2 aromatic rings. The van der Waals surface area contributed by atoms with E-state index in [2.05, 4.69) is 20.1 Å². The minimum atomic E-state index is -4.47.